The molecule has 1 N–H and O–H groups in total. The third-order valence-corrected chi connectivity index (χ3v) is 3.22. The van der Waals surface area contributed by atoms with E-state index >= 15 is 0 Å². The molecule has 4 nitrogen and oxygen atoms in total. The molecule has 0 amide bonds. The summed E-state index contributed by atoms with van der Waals surface area (Å²) in [6, 6.07) is 4.13. The van der Waals surface area contributed by atoms with E-state index < -0.39 is 15.7 Å². The Hall–Kier alpha value is -1.30. The molecule has 0 radical (unpaired) electrons. The fourth-order valence-electron chi connectivity index (χ4n) is 1.54. The van der Waals surface area contributed by atoms with E-state index in [9.17, 15) is 12.8 Å². The van der Waals surface area contributed by atoms with E-state index in [4.69, 9.17) is 4.74 Å². The first-order valence-corrected chi connectivity index (χ1v) is 7.15. The van der Waals surface area contributed by atoms with Gasteiger partial charge in [-0.05, 0) is 19.1 Å². The first-order valence-electron chi connectivity index (χ1n) is 5.09. The second kappa shape index (κ2) is 5.35. The highest BCUT2D eigenvalue weighted by Crippen LogP contribution is 2.21. The molecule has 0 saturated heterocycles. The van der Waals surface area contributed by atoms with Crippen LogP contribution < -0.4 is 10.1 Å². The minimum Gasteiger partial charge on any atom is -0.494 e. The predicted molar refractivity (Wildman–Crippen MR) is 65.7 cm³/mol. The van der Waals surface area contributed by atoms with Gasteiger partial charge in [-0.1, -0.05) is 0 Å². The maximum Gasteiger partial charge on any atom is 0.167 e. The molecule has 0 spiro atoms. The van der Waals surface area contributed by atoms with Crippen LogP contribution in [0.15, 0.2) is 18.2 Å². The average Bonchev–Trinajstić information content (AvgIpc) is 2.14. The molecule has 0 saturated carbocycles. The lowest BCUT2D eigenvalue weighted by molar-refractivity contribution is 0.386. The largest absolute Gasteiger partial charge is 0.494 e. The van der Waals surface area contributed by atoms with Gasteiger partial charge in [-0.2, -0.15) is 0 Å². The quantitative estimate of drug-likeness (QED) is 0.876. The molecule has 0 fully saturated rings. The van der Waals surface area contributed by atoms with Crippen molar-refractivity contribution in [3.8, 4) is 5.75 Å². The van der Waals surface area contributed by atoms with Crippen molar-refractivity contribution in [2.24, 2.45) is 0 Å². The fraction of sp³-hybridized carbons (Fsp3) is 0.455. The number of sulfone groups is 1. The van der Waals surface area contributed by atoms with Gasteiger partial charge in [0.05, 0.1) is 12.9 Å². The molecule has 0 aliphatic carbocycles. The van der Waals surface area contributed by atoms with Crippen LogP contribution in [0.3, 0.4) is 0 Å². The summed E-state index contributed by atoms with van der Waals surface area (Å²) in [5.41, 5.74) is 0.527. The van der Waals surface area contributed by atoms with Crippen molar-refractivity contribution < 1.29 is 17.5 Å². The molecule has 0 aliphatic rings. The Labute approximate surface area is 101 Å². The SMILES string of the molecule is COc1ccc(NC(C)CS(C)(=O)=O)cc1F. The first-order chi connectivity index (χ1) is 7.81. The zero-order chi connectivity index (χ0) is 13.1. The van der Waals surface area contributed by atoms with Gasteiger partial charge in [-0.15, -0.1) is 0 Å². The Kier molecular flexibility index (Phi) is 4.34. The maximum atomic E-state index is 13.4. The second-order valence-corrected chi connectivity index (χ2v) is 6.17. The maximum absolute atomic E-state index is 13.4. The summed E-state index contributed by atoms with van der Waals surface area (Å²) in [7, 11) is -1.66. The molecule has 1 aromatic rings. The van der Waals surface area contributed by atoms with Crippen LogP contribution >= 0.6 is 0 Å². The number of benzene rings is 1. The van der Waals surface area contributed by atoms with Crippen LogP contribution in [0, 0.1) is 5.82 Å². The van der Waals surface area contributed by atoms with E-state index in [1.165, 1.54) is 25.5 Å². The summed E-state index contributed by atoms with van der Waals surface area (Å²) in [5, 5.41) is 2.92. The summed E-state index contributed by atoms with van der Waals surface area (Å²) in [6.45, 7) is 1.73. The van der Waals surface area contributed by atoms with Crippen LogP contribution in [-0.2, 0) is 9.84 Å². The molecule has 96 valence electrons. The van der Waals surface area contributed by atoms with Crippen molar-refractivity contribution in [2.75, 3.05) is 24.4 Å². The van der Waals surface area contributed by atoms with E-state index in [1.54, 1.807) is 13.0 Å². The fourth-order valence-corrected chi connectivity index (χ4v) is 2.53. The molecule has 0 aliphatic heterocycles. The predicted octanol–water partition coefficient (Wildman–Crippen LogP) is 1.68. The molecule has 0 bridgehead atoms. The zero-order valence-corrected chi connectivity index (χ0v) is 10.8. The first kappa shape index (κ1) is 13.8. The number of hydrogen-bond donors (Lipinski definition) is 1. The number of ether oxygens (including phenoxy) is 1. The van der Waals surface area contributed by atoms with Crippen molar-refractivity contribution in [2.45, 2.75) is 13.0 Å². The van der Waals surface area contributed by atoms with Crippen LogP contribution in [0.1, 0.15) is 6.92 Å². The number of hydrogen-bond acceptors (Lipinski definition) is 4. The van der Waals surface area contributed by atoms with Crippen molar-refractivity contribution in [1.82, 2.24) is 0 Å². The number of halogens is 1. The minimum atomic E-state index is -3.05. The second-order valence-electron chi connectivity index (χ2n) is 3.99. The molecular weight excluding hydrogens is 245 g/mol. The summed E-state index contributed by atoms with van der Waals surface area (Å²) in [6.07, 6.45) is 1.17. The molecular formula is C11H16FNO3S. The summed E-state index contributed by atoms with van der Waals surface area (Å²) < 4.78 is 40.3. The zero-order valence-electron chi connectivity index (χ0n) is 10.0. The third-order valence-electron chi connectivity index (χ3n) is 2.12. The van der Waals surface area contributed by atoms with Crippen LogP contribution in [0.5, 0.6) is 5.75 Å². The molecule has 0 heterocycles. The van der Waals surface area contributed by atoms with Crippen molar-refractivity contribution in [1.29, 1.82) is 0 Å². The summed E-state index contributed by atoms with van der Waals surface area (Å²) in [4.78, 5) is 0. The molecule has 17 heavy (non-hydrogen) atoms. The topological polar surface area (TPSA) is 55.4 Å². The van der Waals surface area contributed by atoms with Gasteiger partial charge in [0.25, 0.3) is 0 Å². The standard InChI is InChI=1S/C11H16FNO3S/c1-8(7-17(3,14)15)13-9-4-5-11(16-2)10(12)6-9/h4-6,8,13H,7H2,1-3H3. The van der Waals surface area contributed by atoms with E-state index in [0.717, 1.165) is 0 Å². The Morgan fingerprint density at radius 2 is 2.12 bits per heavy atom. The molecule has 1 rings (SSSR count). The Bertz CT molecular complexity index is 487. The lowest BCUT2D eigenvalue weighted by Gasteiger charge is -2.14. The summed E-state index contributed by atoms with van der Waals surface area (Å²) in [5.74, 6) is -0.323. The van der Waals surface area contributed by atoms with Crippen LogP contribution in [-0.4, -0.2) is 33.6 Å². The van der Waals surface area contributed by atoms with Gasteiger partial charge in [0, 0.05) is 24.1 Å². The Balaban J connectivity index is 2.72. The number of anilines is 1. The van der Waals surface area contributed by atoms with Crippen LogP contribution in [0.25, 0.3) is 0 Å². The molecule has 1 aromatic carbocycles. The highest BCUT2D eigenvalue weighted by molar-refractivity contribution is 7.90. The van der Waals surface area contributed by atoms with Gasteiger partial charge < -0.3 is 10.1 Å². The molecule has 1 unspecified atom stereocenters. The molecule has 6 heteroatoms. The van der Waals surface area contributed by atoms with Gasteiger partial charge in [0.2, 0.25) is 0 Å². The number of methoxy groups -OCH3 is 1. The summed E-state index contributed by atoms with van der Waals surface area (Å²) >= 11 is 0. The van der Waals surface area contributed by atoms with E-state index in [0.29, 0.717) is 5.69 Å². The van der Waals surface area contributed by atoms with Gasteiger partial charge in [0.1, 0.15) is 9.84 Å². The van der Waals surface area contributed by atoms with Crippen molar-refractivity contribution in [3.05, 3.63) is 24.0 Å². The van der Waals surface area contributed by atoms with Gasteiger partial charge >= 0.3 is 0 Å². The smallest absolute Gasteiger partial charge is 0.167 e. The van der Waals surface area contributed by atoms with Crippen LogP contribution in [0.2, 0.25) is 0 Å². The van der Waals surface area contributed by atoms with Crippen molar-refractivity contribution in [3.63, 3.8) is 0 Å². The van der Waals surface area contributed by atoms with E-state index in [1.807, 2.05) is 0 Å². The van der Waals surface area contributed by atoms with Gasteiger partial charge in [0.15, 0.2) is 11.6 Å². The van der Waals surface area contributed by atoms with Gasteiger partial charge in [-0.3, -0.25) is 0 Å². The van der Waals surface area contributed by atoms with Crippen LogP contribution in [0.4, 0.5) is 10.1 Å². The lowest BCUT2D eigenvalue weighted by atomic mass is 10.2. The molecule has 1 atom stereocenters. The normalized spacial score (nSPS) is 13.2. The van der Waals surface area contributed by atoms with E-state index in [-0.39, 0.29) is 17.5 Å². The highest BCUT2D eigenvalue weighted by Gasteiger charge is 2.11. The Morgan fingerprint density at radius 1 is 1.47 bits per heavy atom. The van der Waals surface area contributed by atoms with E-state index in [2.05, 4.69) is 5.32 Å². The monoisotopic (exact) mass is 261 g/mol. The minimum absolute atomic E-state index is 0.000643. The number of rotatable bonds is 5. The highest BCUT2D eigenvalue weighted by atomic mass is 32.2. The Morgan fingerprint density at radius 3 is 2.59 bits per heavy atom. The third kappa shape index (κ3) is 4.60. The molecule has 0 aromatic heterocycles. The average molecular weight is 261 g/mol. The van der Waals surface area contributed by atoms with Gasteiger partial charge in [-0.25, -0.2) is 12.8 Å². The number of nitrogens with one attached hydrogen (secondary N) is 1. The lowest BCUT2D eigenvalue weighted by Crippen LogP contribution is -2.25. The van der Waals surface area contributed by atoms with Crippen molar-refractivity contribution >= 4 is 15.5 Å².